The van der Waals surface area contributed by atoms with Gasteiger partial charge in [0.2, 0.25) is 11.1 Å². The number of nitrogens with zero attached hydrogens (tertiary/aromatic N) is 3. The summed E-state index contributed by atoms with van der Waals surface area (Å²) in [6, 6.07) is 14.1. The van der Waals surface area contributed by atoms with Crippen LogP contribution in [0.4, 0.5) is 5.95 Å². The van der Waals surface area contributed by atoms with Crippen LogP contribution in [0.25, 0.3) is 0 Å². The van der Waals surface area contributed by atoms with Gasteiger partial charge in [-0.25, -0.2) is 9.48 Å². The molecule has 0 saturated heterocycles. The van der Waals surface area contributed by atoms with Gasteiger partial charge in [0.05, 0.1) is 25.0 Å². The minimum Gasteiger partial charge on any atom is -0.497 e. The molecule has 0 aliphatic carbocycles. The molecule has 0 amide bonds. The van der Waals surface area contributed by atoms with Crippen molar-refractivity contribution in [2.45, 2.75) is 25.0 Å². The van der Waals surface area contributed by atoms with Crippen molar-refractivity contribution in [1.82, 2.24) is 14.8 Å². The number of allylic oxidation sites excluding steroid dienone is 1. The van der Waals surface area contributed by atoms with Crippen molar-refractivity contribution in [2.75, 3.05) is 24.8 Å². The summed E-state index contributed by atoms with van der Waals surface area (Å²) in [7, 11) is 1.60. The first-order chi connectivity index (χ1) is 16.4. The van der Waals surface area contributed by atoms with Gasteiger partial charge >= 0.3 is 5.97 Å². The van der Waals surface area contributed by atoms with Crippen LogP contribution in [0.15, 0.2) is 69.4 Å². The molecule has 0 bridgehead atoms. The standard InChI is InChI=1S/C24H23BrN4O4S/c1-4-33-22(31)20-14(2)26-23-27-24(34-13-19(30)15-5-9-17(25)10-6-15)28-29(23)21(20)16-7-11-18(32-3)12-8-16/h5-12,21H,4,13H2,1-3H3,(H,26,27,28)/t21-/m0/s1. The van der Waals surface area contributed by atoms with Crippen molar-refractivity contribution in [3.63, 3.8) is 0 Å². The third-order valence-electron chi connectivity index (χ3n) is 5.26. The number of nitrogens with one attached hydrogen (secondary N) is 1. The Hall–Kier alpha value is -3.11. The maximum atomic E-state index is 12.9. The first kappa shape index (κ1) is 24.0. The minimum atomic E-state index is -0.537. The summed E-state index contributed by atoms with van der Waals surface area (Å²) in [5.74, 6) is 0.943. The quantitative estimate of drug-likeness (QED) is 0.244. The van der Waals surface area contributed by atoms with Gasteiger partial charge in [-0.05, 0) is 43.7 Å². The highest BCUT2D eigenvalue weighted by molar-refractivity contribution is 9.10. The lowest BCUT2D eigenvalue weighted by Gasteiger charge is -2.28. The Morgan fingerprint density at radius 2 is 1.85 bits per heavy atom. The van der Waals surface area contributed by atoms with Crippen LogP contribution in [0.5, 0.6) is 5.75 Å². The van der Waals surface area contributed by atoms with E-state index in [0.29, 0.717) is 33.7 Å². The zero-order chi connectivity index (χ0) is 24.2. The molecule has 8 nitrogen and oxygen atoms in total. The summed E-state index contributed by atoms with van der Waals surface area (Å²) >= 11 is 4.62. The first-order valence-corrected chi connectivity index (χ1v) is 12.4. The fourth-order valence-electron chi connectivity index (χ4n) is 3.61. The number of halogens is 1. The molecule has 34 heavy (non-hydrogen) atoms. The number of hydrogen-bond acceptors (Lipinski definition) is 8. The maximum Gasteiger partial charge on any atom is 0.338 e. The highest BCUT2D eigenvalue weighted by Gasteiger charge is 2.35. The molecule has 4 rings (SSSR count). The lowest BCUT2D eigenvalue weighted by molar-refractivity contribution is -0.139. The fraction of sp³-hybridized carbons (Fsp3) is 0.250. The molecular weight excluding hydrogens is 520 g/mol. The molecule has 0 fully saturated rings. The van der Waals surface area contributed by atoms with E-state index in [-0.39, 0.29) is 18.1 Å². The predicted molar refractivity (Wildman–Crippen MR) is 133 cm³/mol. The Morgan fingerprint density at radius 3 is 2.50 bits per heavy atom. The monoisotopic (exact) mass is 542 g/mol. The predicted octanol–water partition coefficient (Wildman–Crippen LogP) is 4.88. The lowest BCUT2D eigenvalue weighted by Crippen LogP contribution is -2.29. The number of ether oxygens (including phenoxy) is 2. The third kappa shape index (κ3) is 5.02. The van der Waals surface area contributed by atoms with Crippen LogP contribution >= 0.6 is 27.7 Å². The number of carbonyl (C=O) groups excluding carboxylic acids is 2. The zero-order valence-corrected chi connectivity index (χ0v) is 21.3. The number of benzene rings is 2. The number of aromatic nitrogens is 3. The summed E-state index contributed by atoms with van der Waals surface area (Å²) in [5, 5.41) is 8.22. The van der Waals surface area contributed by atoms with Crippen molar-refractivity contribution in [3.05, 3.63) is 75.4 Å². The van der Waals surface area contributed by atoms with Crippen molar-refractivity contribution >= 4 is 45.4 Å². The van der Waals surface area contributed by atoms with Gasteiger partial charge in [-0.3, -0.25) is 4.79 Å². The SMILES string of the molecule is CCOC(=O)C1=C(C)Nc2nc(SCC(=O)c3ccc(Br)cc3)nn2[C@H]1c1ccc(OC)cc1. The Balaban J connectivity index is 1.63. The van der Waals surface area contributed by atoms with Crippen LogP contribution in [0, 0.1) is 0 Å². The second kappa shape index (κ2) is 10.4. The number of esters is 1. The molecule has 10 heteroatoms. The van der Waals surface area contributed by atoms with E-state index in [0.717, 1.165) is 10.0 Å². The number of anilines is 1. The molecule has 2 heterocycles. The summed E-state index contributed by atoms with van der Waals surface area (Å²) in [6.45, 7) is 3.84. The average Bonchev–Trinajstić information content (AvgIpc) is 3.24. The van der Waals surface area contributed by atoms with Gasteiger partial charge in [-0.15, -0.1) is 5.10 Å². The van der Waals surface area contributed by atoms with E-state index in [1.165, 1.54) is 11.8 Å². The Kier molecular flexibility index (Phi) is 7.38. The molecule has 0 radical (unpaired) electrons. The minimum absolute atomic E-state index is 0.0218. The number of fused-ring (bicyclic) bond motifs is 1. The summed E-state index contributed by atoms with van der Waals surface area (Å²) in [4.78, 5) is 30.0. The molecule has 1 atom stereocenters. The van der Waals surface area contributed by atoms with Crippen molar-refractivity contribution in [1.29, 1.82) is 0 Å². The topological polar surface area (TPSA) is 95.3 Å². The highest BCUT2D eigenvalue weighted by atomic mass is 79.9. The highest BCUT2D eigenvalue weighted by Crippen LogP contribution is 2.37. The second-order valence-corrected chi connectivity index (χ2v) is 9.30. The second-order valence-electron chi connectivity index (χ2n) is 7.44. The van der Waals surface area contributed by atoms with Crippen LogP contribution in [0.2, 0.25) is 0 Å². The Labute approximate surface area is 209 Å². The molecule has 3 aromatic rings. The summed E-state index contributed by atoms with van der Waals surface area (Å²) < 4.78 is 13.2. The number of hydrogen-bond donors (Lipinski definition) is 1. The largest absolute Gasteiger partial charge is 0.497 e. The molecule has 1 aliphatic rings. The molecule has 0 saturated carbocycles. The molecule has 2 aromatic carbocycles. The normalized spacial score (nSPS) is 14.9. The maximum absolute atomic E-state index is 12.9. The Morgan fingerprint density at radius 1 is 1.15 bits per heavy atom. The summed E-state index contributed by atoms with van der Waals surface area (Å²) in [5.41, 5.74) is 2.54. The number of Topliss-reactive ketones (excluding diaryl/α,β-unsaturated/α-hetero) is 1. The van der Waals surface area contributed by atoms with E-state index in [9.17, 15) is 9.59 Å². The van der Waals surface area contributed by atoms with Crippen molar-refractivity contribution in [3.8, 4) is 5.75 Å². The van der Waals surface area contributed by atoms with E-state index in [1.54, 1.807) is 30.8 Å². The molecule has 0 unspecified atom stereocenters. The zero-order valence-electron chi connectivity index (χ0n) is 18.9. The van der Waals surface area contributed by atoms with E-state index in [4.69, 9.17) is 9.47 Å². The van der Waals surface area contributed by atoms with Gasteiger partial charge in [0.25, 0.3) is 0 Å². The van der Waals surface area contributed by atoms with Crippen LogP contribution in [-0.4, -0.2) is 46.0 Å². The number of carbonyl (C=O) groups is 2. The van der Waals surface area contributed by atoms with Gasteiger partial charge < -0.3 is 14.8 Å². The van der Waals surface area contributed by atoms with E-state index in [2.05, 4.69) is 31.3 Å². The van der Waals surface area contributed by atoms with Crippen molar-refractivity contribution < 1.29 is 19.1 Å². The molecule has 1 aliphatic heterocycles. The average molecular weight is 543 g/mol. The molecule has 0 spiro atoms. The van der Waals surface area contributed by atoms with Crippen LogP contribution < -0.4 is 10.1 Å². The number of rotatable bonds is 8. The van der Waals surface area contributed by atoms with Crippen molar-refractivity contribution in [2.24, 2.45) is 0 Å². The van der Waals surface area contributed by atoms with Gasteiger partial charge in [-0.1, -0.05) is 52.0 Å². The van der Waals surface area contributed by atoms with Crippen LogP contribution in [0.1, 0.15) is 35.8 Å². The molecule has 1 N–H and O–H groups in total. The van der Waals surface area contributed by atoms with Crippen LogP contribution in [0.3, 0.4) is 0 Å². The number of ketones is 1. The fourth-order valence-corrected chi connectivity index (χ4v) is 4.60. The van der Waals surface area contributed by atoms with E-state index < -0.39 is 12.0 Å². The van der Waals surface area contributed by atoms with Gasteiger partial charge in [0.15, 0.2) is 5.78 Å². The molecular formula is C24H23BrN4O4S. The Bertz CT molecular complexity index is 1240. The molecule has 176 valence electrons. The lowest BCUT2D eigenvalue weighted by atomic mass is 9.96. The summed E-state index contributed by atoms with van der Waals surface area (Å²) in [6.07, 6.45) is 0. The van der Waals surface area contributed by atoms with Crippen LogP contribution in [-0.2, 0) is 9.53 Å². The first-order valence-electron chi connectivity index (χ1n) is 10.6. The van der Waals surface area contributed by atoms with Gasteiger partial charge in [0, 0.05) is 15.7 Å². The third-order valence-corrected chi connectivity index (χ3v) is 6.62. The van der Waals surface area contributed by atoms with Gasteiger partial charge in [-0.2, -0.15) is 4.98 Å². The molecule has 1 aromatic heterocycles. The van der Waals surface area contributed by atoms with Gasteiger partial charge in [0.1, 0.15) is 11.8 Å². The number of thioether (sulfide) groups is 1. The van der Waals surface area contributed by atoms with E-state index >= 15 is 0 Å². The number of methoxy groups -OCH3 is 1. The smallest absolute Gasteiger partial charge is 0.338 e. The van der Waals surface area contributed by atoms with E-state index in [1.807, 2.05) is 43.3 Å².